The molecule has 0 unspecified atom stereocenters. The molecule has 44 heavy (non-hydrogen) atoms. The van der Waals surface area contributed by atoms with Gasteiger partial charge in [0.1, 0.15) is 0 Å². The Balaban J connectivity index is 3.71. The summed E-state index contributed by atoms with van der Waals surface area (Å²) in [5, 5.41) is 6.74. The van der Waals surface area contributed by atoms with Crippen LogP contribution in [-0.2, 0) is 4.79 Å². The van der Waals surface area contributed by atoms with Crippen molar-refractivity contribution in [1.29, 1.82) is 0 Å². The first-order chi connectivity index (χ1) is 21.7. The van der Waals surface area contributed by atoms with Gasteiger partial charge in [0.2, 0.25) is 0 Å². The Kier molecular flexibility index (Phi) is 37.6. The van der Waals surface area contributed by atoms with Crippen LogP contribution in [0.15, 0.2) is 11.8 Å². The predicted molar refractivity (Wildman–Crippen MR) is 199 cm³/mol. The Morgan fingerprint density at radius 2 is 0.705 bits per heavy atom. The van der Waals surface area contributed by atoms with Gasteiger partial charge < -0.3 is 10.6 Å². The summed E-state index contributed by atoms with van der Waals surface area (Å²) in [4.78, 5) is 12.6. The van der Waals surface area contributed by atoms with Crippen molar-refractivity contribution >= 4 is 5.78 Å². The lowest BCUT2D eigenvalue weighted by molar-refractivity contribution is -0.114. The summed E-state index contributed by atoms with van der Waals surface area (Å²) in [5.74, 6) is 0.321. The number of ketones is 1. The van der Waals surface area contributed by atoms with Crippen LogP contribution in [0.2, 0.25) is 0 Å². The highest BCUT2D eigenvalue weighted by Crippen LogP contribution is 2.16. The maximum absolute atomic E-state index is 12.6. The molecule has 0 aliphatic rings. The number of rotatable bonds is 38. The van der Waals surface area contributed by atoms with E-state index in [-0.39, 0.29) is 0 Å². The molecule has 3 heteroatoms. The van der Waals surface area contributed by atoms with Gasteiger partial charge in [-0.05, 0) is 26.3 Å². The number of hydrogen-bond donors (Lipinski definition) is 2. The number of unbranched alkanes of at least 4 members (excludes halogenated alkanes) is 29. The van der Waals surface area contributed by atoms with E-state index in [1.54, 1.807) is 0 Å². The fourth-order valence-electron chi connectivity index (χ4n) is 6.36. The summed E-state index contributed by atoms with van der Waals surface area (Å²) < 4.78 is 0. The normalized spacial score (nSPS) is 11.8. The van der Waals surface area contributed by atoms with Crippen LogP contribution < -0.4 is 10.6 Å². The van der Waals surface area contributed by atoms with Crippen LogP contribution >= 0.6 is 0 Å². The summed E-state index contributed by atoms with van der Waals surface area (Å²) in [5.41, 5.74) is 1.16. The molecule has 0 aromatic carbocycles. The summed E-state index contributed by atoms with van der Waals surface area (Å²) in [7, 11) is 1.99. The first-order valence-corrected chi connectivity index (χ1v) is 20.4. The van der Waals surface area contributed by atoms with Gasteiger partial charge >= 0.3 is 0 Å². The van der Waals surface area contributed by atoms with Crippen LogP contribution in [0, 0.1) is 0 Å². The van der Waals surface area contributed by atoms with Crippen molar-refractivity contribution in [3.05, 3.63) is 11.8 Å². The quantitative estimate of drug-likeness (QED) is 0.0534. The second kappa shape index (κ2) is 38.4. The van der Waals surface area contributed by atoms with Crippen LogP contribution in [-0.4, -0.2) is 25.9 Å². The highest BCUT2D eigenvalue weighted by atomic mass is 16.1. The van der Waals surface area contributed by atoms with E-state index in [9.17, 15) is 4.79 Å². The molecule has 0 bridgehead atoms. The van der Waals surface area contributed by atoms with Crippen molar-refractivity contribution in [3.63, 3.8) is 0 Å². The zero-order valence-corrected chi connectivity index (χ0v) is 30.7. The lowest BCUT2D eigenvalue weighted by Crippen LogP contribution is -2.25. The zero-order valence-electron chi connectivity index (χ0n) is 30.7. The second-order valence-corrected chi connectivity index (χ2v) is 13.9. The van der Waals surface area contributed by atoms with Gasteiger partial charge in [-0.25, -0.2) is 0 Å². The molecule has 2 N–H and O–H groups in total. The number of allylic oxidation sites excluding steroid dienone is 2. The summed E-state index contributed by atoms with van der Waals surface area (Å²) in [6.07, 6.45) is 46.6. The van der Waals surface area contributed by atoms with Crippen molar-refractivity contribution in [2.24, 2.45) is 0 Å². The van der Waals surface area contributed by atoms with E-state index in [2.05, 4.69) is 24.5 Å². The minimum absolute atomic E-state index is 0.321. The Labute approximate surface area is 278 Å². The van der Waals surface area contributed by atoms with Crippen molar-refractivity contribution in [1.82, 2.24) is 10.6 Å². The highest BCUT2D eigenvalue weighted by Gasteiger charge is 2.04. The van der Waals surface area contributed by atoms with Gasteiger partial charge in [0.15, 0.2) is 5.78 Å². The molecule has 0 aromatic rings. The van der Waals surface area contributed by atoms with Crippen LogP contribution in [0.25, 0.3) is 0 Å². The molecular formula is C41H82N2O. The summed E-state index contributed by atoms with van der Waals surface area (Å²) >= 11 is 0. The molecule has 3 nitrogen and oxygen atoms in total. The molecule has 0 saturated carbocycles. The molecule has 0 saturated heterocycles. The Hall–Kier alpha value is -0.830. The molecule has 0 rings (SSSR count). The number of carbonyl (C=O) groups is 1. The van der Waals surface area contributed by atoms with Crippen LogP contribution in [0.5, 0.6) is 0 Å². The Morgan fingerprint density at radius 3 is 1.02 bits per heavy atom. The smallest absolute Gasteiger partial charge is 0.157 e. The topological polar surface area (TPSA) is 41.1 Å². The van der Waals surface area contributed by atoms with Gasteiger partial charge in [-0.1, -0.05) is 200 Å². The monoisotopic (exact) mass is 619 g/mol. The van der Waals surface area contributed by atoms with E-state index in [1.807, 2.05) is 13.1 Å². The van der Waals surface area contributed by atoms with Crippen LogP contribution in [0.4, 0.5) is 0 Å². The first-order valence-electron chi connectivity index (χ1n) is 20.4. The van der Waals surface area contributed by atoms with Gasteiger partial charge in [0.05, 0.1) is 0 Å². The van der Waals surface area contributed by atoms with E-state index in [0.717, 1.165) is 31.6 Å². The number of carbonyl (C=O) groups excluding carboxylic acids is 1. The van der Waals surface area contributed by atoms with E-state index in [1.165, 1.54) is 193 Å². The molecule has 0 aromatic heterocycles. The number of hydrogen-bond acceptors (Lipinski definition) is 3. The van der Waals surface area contributed by atoms with E-state index < -0.39 is 0 Å². The molecule has 0 heterocycles. The third kappa shape index (κ3) is 35.6. The summed E-state index contributed by atoms with van der Waals surface area (Å²) in [6.45, 7) is 6.42. The van der Waals surface area contributed by atoms with Crippen molar-refractivity contribution in [2.75, 3.05) is 20.1 Å². The highest BCUT2D eigenvalue weighted by molar-refractivity contribution is 5.90. The van der Waals surface area contributed by atoms with E-state index >= 15 is 0 Å². The molecule has 0 spiro atoms. The molecule has 0 fully saturated rings. The lowest BCUT2D eigenvalue weighted by atomic mass is 10.0. The molecule has 262 valence electrons. The SMILES string of the molecule is CCCCCCCCCCCCCCCCCCCCC/C(=C/C(=O)CCCCCCCCCCCCCC)NCCNC. The van der Waals surface area contributed by atoms with Gasteiger partial charge in [-0.3, -0.25) is 4.79 Å². The van der Waals surface area contributed by atoms with Crippen molar-refractivity contribution in [2.45, 2.75) is 226 Å². The molecule has 0 atom stereocenters. The lowest BCUT2D eigenvalue weighted by Gasteiger charge is -2.11. The Morgan fingerprint density at radius 1 is 0.409 bits per heavy atom. The summed E-state index contributed by atoms with van der Waals surface area (Å²) in [6, 6.07) is 0. The van der Waals surface area contributed by atoms with Crippen LogP contribution in [0.3, 0.4) is 0 Å². The number of likely N-dealkylation sites (N-methyl/N-ethyl adjacent to an activating group) is 1. The van der Waals surface area contributed by atoms with Crippen molar-refractivity contribution in [3.8, 4) is 0 Å². The zero-order chi connectivity index (χ0) is 32.0. The average molecular weight is 619 g/mol. The minimum Gasteiger partial charge on any atom is -0.387 e. The molecular weight excluding hydrogens is 536 g/mol. The molecule has 0 radical (unpaired) electrons. The van der Waals surface area contributed by atoms with Crippen LogP contribution in [0.1, 0.15) is 226 Å². The number of nitrogens with one attached hydrogen (secondary N) is 2. The van der Waals surface area contributed by atoms with Gasteiger partial charge in [0, 0.05) is 31.3 Å². The third-order valence-corrected chi connectivity index (χ3v) is 9.39. The molecule has 0 amide bonds. The second-order valence-electron chi connectivity index (χ2n) is 13.9. The minimum atomic E-state index is 0.321. The maximum Gasteiger partial charge on any atom is 0.157 e. The fraction of sp³-hybridized carbons (Fsp3) is 0.927. The van der Waals surface area contributed by atoms with Gasteiger partial charge in [-0.15, -0.1) is 0 Å². The third-order valence-electron chi connectivity index (χ3n) is 9.39. The predicted octanol–water partition coefficient (Wildman–Crippen LogP) is 13.2. The standard InChI is InChI=1S/C41H82N2O/c1-4-6-8-10-12-14-16-18-19-20-21-22-23-24-25-27-29-31-33-35-40(43-38-37-42-3)39-41(44)36-34-32-30-28-26-17-15-13-11-9-7-5-2/h39,42-43H,4-38H2,1-3H3/b40-39-. The fourth-order valence-corrected chi connectivity index (χ4v) is 6.36. The first kappa shape index (κ1) is 43.2. The van der Waals surface area contributed by atoms with Crippen molar-refractivity contribution < 1.29 is 4.79 Å². The van der Waals surface area contributed by atoms with Gasteiger partial charge in [0.25, 0.3) is 0 Å². The molecule has 0 aliphatic carbocycles. The van der Waals surface area contributed by atoms with E-state index in [0.29, 0.717) is 12.2 Å². The molecule has 0 aliphatic heterocycles. The van der Waals surface area contributed by atoms with E-state index in [4.69, 9.17) is 0 Å². The largest absolute Gasteiger partial charge is 0.387 e. The Bertz CT molecular complexity index is 587. The van der Waals surface area contributed by atoms with Gasteiger partial charge in [-0.2, -0.15) is 0 Å². The average Bonchev–Trinajstić information content (AvgIpc) is 3.02. The maximum atomic E-state index is 12.6.